The number of nitrogens with one attached hydrogen (secondary N) is 1. The van der Waals surface area contributed by atoms with Gasteiger partial charge in [-0.3, -0.25) is 4.79 Å². The average molecular weight is 318 g/mol. The van der Waals surface area contributed by atoms with E-state index in [1.54, 1.807) is 6.92 Å². The summed E-state index contributed by atoms with van der Waals surface area (Å²) in [5.41, 5.74) is 1.64. The molecule has 0 aliphatic rings. The van der Waals surface area contributed by atoms with Crippen LogP contribution in [0.1, 0.15) is 36.4 Å². The van der Waals surface area contributed by atoms with Gasteiger partial charge in [-0.05, 0) is 39.4 Å². The number of rotatable bonds is 7. The Kier molecular flexibility index (Phi) is 5.80. The number of amides is 1. The van der Waals surface area contributed by atoms with E-state index in [0.717, 1.165) is 16.5 Å². The Balaban J connectivity index is 2.19. The molecule has 0 spiro atoms. The van der Waals surface area contributed by atoms with Crippen molar-refractivity contribution < 1.29 is 14.3 Å². The van der Waals surface area contributed by atoms with Crippen LogP contribution in [-0.2, 0) is 6.54 Å². The van der Waals surface area contributed by atoms with E-state index in [4.69, 9.17) is 4.42 Å². The fraction of sp³-hybridized carbons (Fsp3) is 0.500. The minimum Gasteiger partial charge on any atom is -0.451 e. The van der Waals surface area contributed by atoms with Crippen LogP contribution in [-0.4, -0.2) is 42.7 Å². The van der Waals surface area contributed by atoms with Crippen molar-refractivity contribution in [2.75, 3.05) is 20.6 Å². The lowest BCUT2D eigenvalue weighted by molar-refractivity contribution is 0.0912. The molecule has 2 aromatic rings. The minimum atomic E-state index is -0.364. The van der Waals surface area contributed by atoms with Gasteiger partial charge in [-0.2, -0.15) is 0 Å². The molecule has 1 amide bonds. The van der Waals surface area contributed by atoms with Gasteiger partial charge < -0.3 is 19.7 Å². The van der Waals surface area contributed by atoms with E-state index in [0.29, 0.717) is 25.3 Å². The zero-order chi connectivity index (χ0) is 17.0. The maximum Gasteiger partial charge on any atom is 0.287 e. The molecule has 2 N–H and O–H groups in total. The Hall–Kier alpha value is -1.85. The predicted octanol–water partition coefficient (Wildman–Crippen LogP) is 2.63. The number of benzene rings is 1. The number of aliphatic hydroxyl groups excluding tert-OH is 1. The third kappa shape index (κ3) is 4.56. The smallest absolute Gasteiger partial charge is 0.287 e. The highest BCUT2D eigenvalue weighted by molar-refractivity contribution is 5.99. The zero-order valence-corrected chi connectivity index (χ0v) is 14.3. The van der Waals surface area contributed by atoms with E-state index in [1.807, 2.05) is 50.2 Å². The summed E-state index contributed by atoms with van der Waals surface area (Å²) < 4.78 is 5.79. The molecule has 2 rings (SSSR count). The van der Waals surface area contributed by atoms with E-state index in [1.165, 1.54) is 0 Å². The number of carbonyl (C=O) groups excluding carboxylic acids is 1. The topological polar surface area (TPSA) is 65.7 Å². The molecule has 5 nitrogen and oxygen atoms in total. The Labute approximate surface area is 137 Å². The van der Waals surface area contributed by atoms with Crippen molar-refractivity contribution in [2.24, 2.45) is 5.92 Å². The van der Waals surface area contributed by atoms with Crippen LogP contribution in [0.15, 0.2) is 28.7 Å². The molecule has 1 aromatic carbocycles. The number of hydrogen-bond acceptors (Lipinski definition) is 4. The highest BCUT2D eigenvalue weighted by Gasteiger charge is 2.21. The largest absolute Gasteiger partial charge is 0.451 e. The van der Waals surface area contributed by atoms with Crippen LogP contribution in [0, 0.1) is 5.92 Å². The molecule has 126 valence electrons. The van der Waals surface area contributed by atoms with Gasteiger partial charge in [0.1, 0.15) is 5.58 Å². The van der Waals surface area contributed by atoms with Crippen LogP contribution in [0.2, 0.25) is 0 Å². The Bertz CT molecular complexity index is 661. The SMILES string of the molecule is CC(O)CC(C)CNC(=O)c1oc2ccccc2c1CN(C)C. The Morgan fingerprint density at radius 3 is 2.65 bits per heavy atom. The van der Waals surface area contributed by atoms with Gasteiger partial charge in [0.2, 0.25) is 0 Å². The molecule has 0 fully saturated rings. The summed E-state index contributed by atoms with van der Waals surface area (Å²) in [5.74, 6) is 0.389. The van der Waals surface area contributed by atoms with Crippen LogP contribution in [0.4, 0.5) is 0 Å². The summed E-state index contributed by atoms with van der Waals surface area (Å²) >= 11 is 0. The fourth-order valence-electron chi connectivity index (χ4n) is 2.77. The molecule has 1 heterocycles. The second-order valence-electron chi connectivity index (χ2n) is 6.54. The van der Waals surface area contributed by atoms with Gasteiger partial charge in [-0.1, -0.05) is 25.1 Å². The monoisotopic (exact) mass is 318 g/mol. The Morgan fingerprint density at radius 2 is 2.00 bits per heavy atom. The number of para-hydroxylation sites is 1. The van der Waals surface area contributed by atoms with E-state index < -0.39 is 0 Å². The molecule has 0 aliphatic heterocycles. The standard InChI is InChI=1S/C18H26N2O3/c1-12(9-13(2)21)10-19-18(22)17-15(11-20(3)4)14-7-5-6-8-16(14)23-17/h5-8,12-13,21H,9-11H2,1-4H3,(H,19,22). The lowest BCUT2D eigenvalue weighted by Gasteiger charge is -2.14. The first-order valence-corrected chi connectivity index (χ1v) is 8.00. The van der Waals surface area contributed by atoms with Gasteiger partial charge >= 0.3 is 0 Å². The van der Waals surface area contributed by atoms with Gasteiger partial charge in [0, 0.05) is 24.0 Å². The van der Waals surface area contributed by atoms with Gasteiger partial charge in [0.05, 0.1) is 6.10 Å². The molecule has 2 unspecified atom stereocenters. The van der Waals surface area contributed by atoms with E-state index in [9.17, 15) is 9.90 Å². The summed E-state index contributed by atoms with van der Waals surface area (Å²) in [4.78, 5) is 14.5. The third-order valence-electron chi connectivity index (χ3n) is 3.73. The van der Waals surface area contributed by atoms with Crippen molar-refractivity contribution >= 4 is 16.9 Å². The quantitative estimate of drug-likeness (QED) is 0.823. The van der Waals surface area contributed by atoms with Crippen molar-refractivity contribution in [1.82, 2.24) is 10.2 Å². The van der Waals surface area contributed by atoms with Crippen molar-refractivity contribution in [3.05, 3.63) is 35.6 Å². The average Bonchev–Trinajstić information content (AvgIpc) is 2.82. The summed E-state index contributed by atoms with van der Waals surface area (Å²) in [7, 11) is 3.93. The van der Waals surface area contributed by atoms with Gasteiger partial charge in [-0.25, -0.2) is 0 Å². The molecular weight excluding hydrogens is 292 g/mol. The number of carbonyl (C=O) groups is 1. The molecule has 1 aromatic heterocycles. The second-order valence-corrected chi connectivity index (χ2v) is 6.54. The molecule has 0 bridgehead atoms. The molecular formula is C18H26N2O3. The fourth-order valence-corrected chi connectivity index (χ4v) is 2.77. The van der Waals surface area contributed by atoms with Crippen molar-refractivity contribution in [2.45, 2.75) is 32.9 Å². The summed E-state index contributed by atoms with van der Waals surface area (Å²) in [6, 6.07) is 7.70. The molecule has 0 saturated carbocycles. The lowest BCUT2D eigenvalue weighted by Crippen LogP contribution is -2.30. The van der Waals surface area contributed by atoms with Crippen molar-refractivity contribution in [3.8, 4) is 0 Å². The van der Waals surface area contributed by atoms with Crippen molar-refractivity contribution in [3.63, 3.8) is 0 Å². The normalized spacial score (nSPS) is 14.2. The van der Waals surface area contributed by atoms with Crippen LogP contribution < -0.4 is 5.32 Å². The molecule has 2 atom stereocenters. The Morgan fingerprint density at radius 1 is 1.30 bits per heavy atom. The maximum atomic E-state index is 12.5. The summed E-state index contributed by atoms with van der Waals surface area (Å²) in [6.45, 7) is 4.92. The van der Waals surface area contributed by atoms with E-state index in [-0.39, 0.29) is 17.9 Å². The van der Waals surface area contributed by atoms with Crippen molar-refractivity contribution in [1.29, 1.82) is 0 Å². The maximum absolute atomic E-state index is 12.5. The number of fused-ring (bicyclic) bond motifs is 1. The highest BCUT2D eigenvalue weighted by Crippen LogP contribution is 2.26. The first-order chi connectivity index (χ1) is 10.9. The van der Waals surface area contributed by atoms with E-state index >= 15 is 0 Å². The number of aliphatic hydroxyl groups is 1. The molecule has 23 heavy (non-hydrogen) atoms. The molecule has 0 radical (unpaired) electrons. The predicted molar refractivity (Wildman–Crippen MR) is 91.4 cm³/mol. The first-order valence-electron chi connectivity index (χ1n) is 8.00. The van der Waals surface area contributed by atoms with Gasteiger partial charge in [0.25, 0.3) is 5.91 Å². The van der Waals surface area contributed by atoms with E-state index in [2.05, 4.69) is 5.32 Å². The van der Waals surface area contributed by atoms with Crippen LogP contribution in [0.3, 0.4) is 0 Å². The van der Waals surface area contributed by atoms with Gasteiger partial charge in [-0.15, -0.1) is 0 Å². The number of hydrogen-bond donors (Lipinski definition) is 2. The molecule has 5 heteroatoms. The highest BCUT2D eigenvalue weighted by atomic mass is 16.3. The second kappa shape index (κ2) is 7.62. The summed E-state index contributed by atoms with van der Waals surface area (Å²) in [5, 5.41) is 13.3. The summed E-state index contributed by atoms with van der Waals surface area (Å²) in [6.07, 6.45) is 0.294. The first kappa shape index (κ1) is 17.5. The minimum absolute atomic E-state index is 0.199. The van der Waals surface area contributed by atoms with Gasteiger partial charge in [0.15, 0.2) is 5.76 Å². The molecule has 0 saturated heterocycles. The lowest BCUT2D eigenvalue weighted by atomic mass is 10.0. The third-order valence-corrected chi connectivity index (χ3v) is 3.73. The van der Waals surface area contributed by atoms with Crippen LogP contribution >= 0.6 is 0 Å². The number of furan rings is 1. The zero-order valence-electron chi connectivity index (χ0n) is 14.3. The number of nitrogens with zero attached hydrogens (tertiary/aromatic N) is 1. The molecule has 0 aliphatic carbocycles. The van der Waals surface area contributed by atoms with Crippen LogP contribution in [0.25, 0.3) is 11.0 Å². The van der Waals surface area contributed by atoms with Crippen LogP contribution in [0.5, 0.6) is 0 Å².